The summed E-state index contributed by atoms with van der Waals surface area (Å²) in [6.45, 7) is 4.21. The van der Waals surface area contributed by atoms with E-state index in [4.69, 9.17) is 18.0 Å². The summed E-state index contributed by atoms with van der Waals surface area (Å²) in [7, 11) is 0. The van der Waals surface area contributed by atoms with E-state index in [0.717, 1.165) is 32.1 Å². The molecular formula is C12H22N2OS. The second-order valence-corrected chi connectivity index (χ2v) is 5.24. The van der Waals surface area contributed by atoms with Crippen LogP contribution in [0.5, 0.6) is 0 Å². The lowest BCUT2D eigenvalue weighted by molar-refractivity contribution is -0.126. The molecule has 3 unspecified atom stereocenters. The van der Waals surface area contributed by atoms with Crippen LogP contribution in [0.15, 0.2) is 0 Å². The molecule has 0 aromatic rings. The Labute approximate surface area is 103 Å². The van der Waals surface area contributed by atoms with Crippen LogP contribution in [0.25, 0.3) is 0 Å². The van der Waals surface area contributed by atoms with E-state index in [-0.39, 0.29) is 17.9 Å². The van der Waals surface area contributed by atoms with Gasteiger partial charge in [-0.25, -0.2) is 0 Å². The Hall–Kier alpha value is -0.640. The van der Waals surface area contributed by atoms with E-state index in [9.17, 15) is 4.79 Å². The summed E-state index contributed by atoms with van der Waals surface area (Å²) >= 11 is 4.97. The van der Waals surface area contributed by atoms with Gasteiger partial charge in [0.05, 0.1) is 11.0 Å². The van der Waals surface area contributed by atoms with Crippen molar-refractivity contribution in [1.29, 1.82) is 0 Å². The fourth-order valence-corrected chi connectivity index (χ4v) is 2.56. The van der Waals surface area contributed by atoms with Crippen LogP contribution in [0.4, 0.5) is 0 Å². The SMILES string of the molecule is CCCC(NC(=O)C1CCCC1C)C(N)=S. The highest BCUT2D eigenvalue weighted by atomic mass is 32.1. The van der Waals surface area contributed by atoms with Gasteiger partial charge in [-0.05, 0) is 25.2 Å². The number of nitrogens with two attached hydrogens (primary N) is 1. The standard InChI is InChI=1S/C12H22N2OS/c1-3-5-10(11(13)16)14-12(15)9-7-4-6-8(9)2/h8-10H,3-7H2,1-2H3,(H2,13,16)(H,14,15). The van der Waals surface area contributed by atoms with E-state index in [1.807, 2.05) is 0 Å². The second kappa shape index (κ2) is 6.18. The number of nitrogens with one attached hydrogen (secondary N) is 1. The largest absolute Gasteiger partial charge is 0.392 e. The molecule has 0 spiro atoms. The van der Waals surface area contributed by atoms with Crippen LogP contribution in [0, 0.1) is 11.8 Å². The van der Waals surface area contributed by atoms with Gasteiger partial charge in [0.1, 0.15) is 0 Å². The quantitative estimate of drug-likeness (QED) is 0.725. The molecule has 4 heteroatoms. The Morgan fingerprint density at radius 3 is 2.69 bits per heavy atom. The minimum atomic E-state index is -0.125. The summed E-state index contributed by atoms with van der Waals surface area (Å²) in [6, 6.07) is -0.125. The first-order chi connectivity index (χ1) is 7.56. The van der Waals surface area contributed by atoms with E-state index in [2.05, 4.69) is 19.2 Å². The van der Waals surface area contributed by atoms with E-state index in [1.54, 1.807) is 0 Å². The molecule has 0 aliphatic heterocycles. The predicted octanol–water partition coefficient (Wildman–Crippen LogP) is 1.99. The lowest BCUT2D eigenvalue weighted by Gasteiger charge is -2.21. The molecule has 0 aromatic carbocycles. The fourth-order valence-electron chi connectivity index (χ4n) is 2.39. The zero-order valence-corrected chi connectivity index (χ0v) is 11.0. The average molecular weight is 242 g/mol. The second-order valence-electron chi connectivity index (χ2n) is 4.77. The topological polar surface area (TPSA) is 55.1 Å². The van der Waals surface area contributed by atoms with Crippen molar-refractivity contribution < 1.29 is 4.79 Å². The number of hydrogen-bond donors (Lipinski definition) is 2. The van der Waals surface area contributed by atoms with E-state index < -0.39 is 0 Å². The van der Waals surface area contributed by atoms with Crippen LogP contribution in [-0.2, 0) is 4.79 Å². The van der Waals surface area contributed by atoms with Gasteiger partial charge in [-0.3, -0.25) is 4.79 Å². The highest BCUT2D eigenvalue weighted by Crippen LogP contribution is 2.31. The molecule has 0 radical (unpaired) electrons. The maximum absolute atomic E-state index is 12.0. The molecular weight excluding hydrogens is 220 g/mol. The normalized spacial score (nSPS) is 26.4. The van der Waals surface area contributed by atoms with Crippen molar-refractivity contribution in [3.05, 3.63) is 0 Å². The van der Waals surface area contributed by atoms with Gasteiger partial charge in [0.25, 0.3) is 0 Å². The molecule has 1 fully saturated rings. The van der Waals surface area contributed by atoms with Gasteiger partial charge in [-0.1, -0.05) is 38.9 Å². The first kappa shape index (κ1) is 13.4. The number of rotatable bonds is 5. The van der Waals surface area contributed by atoms with Gasteiger partial charge in [-0.15, -0.1) is 0 Å². The number of hydrogen-bond acceptors (Lipinski definition) is 2. The summed E-state index contributed by atoms with van der Waals surface area (Å²) < 4.78 is 0. The van der Waals surface area contributed by atoms with Gasteiger partial charge >= 0.3 is 0 Å². The Balaban J connectivity index is 2.50. The fraction of sp³-hybridized carbons (Fsp3) is 0.833. The summed E-state index contributed by atoms with van der Waals surface area (Å²) in [6.07, 6.45) is 5.13. The van der Waals surface area contributed by atoms with Crippen molar-refractivity contribution in [1.82, 2.24) is 5.32 Å². The van der Waals surface area contributed by atoms with Gasteiger partial charge in [0.2, 0.25) is 5.91 Å². The van der Waals surface area contributed by atoms with Crippen LogP contribution in [0.1, 0.15) is 46.0 Å². The molecule has 92 valence electrons. The highest BCUT2D eigenvalue weighted by molar-refractivity contribution is 7.80. The van der Waals surface area contributed by atoms with Crippen LogP contribution in [-0.4, -0.2) is 16.9 Å². The molecule has 1 aliphatic rings. The van der Waals surface area contributed by atoms with Crippen LogP contribution >= 0.6 is 12.2 Å². The van der Waals surface area contributed by atoms with Crippen molar-refractivity contribution >= 4 is 23.1 Å². The predicted molar refractivity (Wildman–Crippen MR) is 70.1 cm³/mol. The van der Waals surface area contributed by atoms with Crippen LogP contribution < -0.4 is 11.1 Å². The van der Waals surface area contributed by atoms with Crippen molar-refractivity contribution in [2.24, 2.45) is 17.6 Å². The average Bonchev–Trinajstić information content (AvgIpc) is 2.63. The molecule has 1 rings (SSSR count). The van der Waals surface area contributed by atoms with Crippen LogP contribution in [0.2, 0.25) is 0 Å². The molecule has 1 saturated carbocycles. The van der Waals surface area contributed by atoms with Crippen LogP contribution in [0.3, 0.4) is 0 Å². The lowest BCUT2D eigenvalue weighted by Crippen LogP contribution is -2.46. The summed E-state index contributed by atoms with van der Waals surface area (Å²) in [5.74, 6) is 0.790. The van der Waals surface area contributed by atoms with Gasteiger partial charge in [-0.2, -0.15) is 0 Å². The molecule has 3 atom stereocenters. The zero-order valence-electron chi connectivity index (χ0n) is 10.2. The maximum atomic E-state index is 12.0. The molecule has 1 aliphatic carbocycles. The molecule has 0 saturated heterocycles. The Morgan fingerprint density at radius 1 is 1.56 bits per heavy atom. The molecule has 3 nitrogen and oxygen atoms in total. The van der Waals surface area contributed by atoms with Gasteiger partial charge < -0.3 is 11.1 Å². The molecule has 1 amide bonds. The van der Waals surface area contributed by atoms with Crippen molar-refractivity contribution in [3.8, 4) is 0 Å². The molecule has 16 heavy (non-hydrogen) atoms. The molecule has 0 aromatic heterocycles. The Bertz CT molecular complexity index is 268. The van der Waals surface area contributed by atoms with E-state index in [0.29, 0.717) is 10.9 Å². The monoisotopic (exact) mass is 242 g/mol. The summed E-state index contributed by atoms with van der Waals surface area (Å²) in [4.78, 5) is 12.4. The number of thiocarbonyl (C=S) groups is 1. The Kier molecular flexibility index (Phi) is 5.19. The maximum Gasteiger partial charge on any atom is 0.223 e. The molecule has 0 bridgehead atoms. The first-order valence-electron chi connectivity index (χ1n) is 6.16. The smallest absolute Gasteiger partial charge is 0.223 e. The highest BCUT2D eigenvalue weighted by Gasteiger charge is 2.30. The zero-order chi connectivity index (χ0) is 12.1. The molecule has 3 N–H and O–H groups in total. The number of carbonyl (C=O) groups excluding carboxylic acids is 1. The minimum Gasteiger partial charge on any atom is -0.392 e. The van der Waals surface area contributed by atoms with E-state index in [1.165, 1.54) is 0 Å². The summed E-state index contributed by atoms with van der Waals surface area (Å²) in [5.41, 5.74) is 5.62. The lowest BCUT2D eigenvalue weighted by atomic mass is 9.96. The Morgan fingerprint density at radius 2 is 2.25 bits per heavy atom. The third-order valence-corrected chi connectivity index (χ3v) is 3.72. The van der Waals surface area contributed by atoms with Gasteiger partial charge in [0, 0.05) is 5.92 Å². The van der Waals surface area contributed by atoms with Gasteiger partial charge in [0.15, 0.2) is 0 Å². The van der Waals surface area contributed by atoms with E-state index >= 15 is 0 Å². The minimum absolute atomic E-state index is 0.125. The first-order valence-corrected chi connectivity index (χ1v) is 6.56. The third-order valence-electron chi connectivity index (χ3n) is 3.44. The number of carbonyl (C=O) groups is 1. The van der Waals surface area contributed by atoms with Crippen molar-refractivity contribution in [2.45, 2.75) is 52.0 Å². The van der Waals surface area contributed by atoms with Crippen molar-refractivity contribution in [3.63, 3.8) is 0 Å². The number of amides is 1. The molecule has 0 heterocycles. The van der Waals surface area contributed by atoms with Crippen molar-refractivity contribution in [2.75, 3.05) is 0 Å². The third kappa shape index (κ3) is 3.44. The summed E-state index contributed by atoms with van der Waals surface area (Å²) in [5, 5.41) is 2.98.